The van der Waals surface area contributed by atoms with E-state index in [-0.39, 0.29) is 31.0 Å². The van der Waals surface area contributed by atoms with Crippen LogP contribution in [0.25, 0.3) is 11.0 Å². The predicted octanol–water partition coefficient (Wildman–Crippen LogP) is 2.45. The van der Waals surface area contributed by atoms with E-state index in [9.17, 15) is 9.18 Å². The molecule has 5 nitrogen and oxygen atoms in total. The molecular formula is C15H19FN2O3. The lowest BCUT2D eigenvalue weighted by atomic mass is 10.1. The van der Waals surface area contributed by atoms with Crippen LogP contribution in [-0.2, 0) is 6.54 Å². The van der Waals surface area contributed by atoms with Crippen molar-refractivity contribution < 1.29 is 18.7 Å². The molecular weight excluding hydrogens is 275 g/mol. The minimum absolute atomic E-state index is 0.104. The van der Waals surface area contributed by atoms with Gasteiger partial charge in [0, 0.05) is 10.9 Å². The zero-order valence-electron chi connectivity index (χ0n) is 12.1. The van der Waals surface area contributed by atoms with Gasteiger partial charge in [-0.05, 0) is 31.5 Å². The van der Waals surface area contributed by atoms with Crippen molar-refractivity contribution in [3.63, 3.8) is 0 Å². The Hall–Kier alpha value is -2.08. The third kappa shape index (κ3) is 3.52. The second-order valence-corrected chi connectivity index (χ2v) is 4.91. The molecule has 21 heavy (non-hydrogen) atoms. The van der Waals surface area contributed by atoms with Crippen LogP contribution >= 0.6 is 0 Å². The summed E-state index contributed by atoms with van der Waals surface area (Å²) in [5.74, 6) is 0.264. The third-order valence-electron chi connectivity index (χ3n) is 3.45. The van der Waals surface area contributed by atoms with Crippen LogP contribution in [0.1, 0.15) is 24.7 Å². The Kier molecular flexibility index (Phi) is 4.80. The number of hydrogen-bond acceptors (Lipinski definition) is 3. The van der Waals surface area contributed by atoms with Crippen LogP contribution in [0.5, 0.6) is 0 Å². The van der Waals surface area contributed by atoms with Crippen molar-refractivity contribution in [2.45, 2.75) is 32.9 Å². The van der Waals surface area contributed by atoms with Gasteiger partial charge in [0.05, 0.1) is 19.2 Å². The van der Waals surface area contributed by atoms with Crippen LogP contribution < -0.4 is 10.6 Å². The molecule has 0 saturated carbocycles. The number of benzene rings is 1. The summed E-state index contributed by atoms with van der Waals surface area (Å²) >= 11 is 0. The smallest absolute Gasteiger partial charge is 0.315 e. The summed E-state index contributed by atoms with van der Waals surface area (Å²) < 4.78 is 18.8. The fourth-order valence-electron chi connectivity index (χ4n) is 2.09. The molecule has 1 unspecified atom stereocenters. The molecule has 0 radical (unpaired) electrons. The molecule has 1 atom stereocenters. The van der Waals surface area contributed by atoms with Gasteiger partial charge in [-0.25, -0.2) is 9.18 Å². The number of aryl methyl sites for hydroxylation is 1. The summed E-state index contributed by atoms with van der Waals surface area (Å²) in [6, 6.07) is 3.68. The van der Waals surface area contributed by atoms with Crippen molar-refractivity contribution in [3.05, 3.63) is 35.3 Å². The van der Waals surface area contributed by atoms with Crippen molar-refractivity contribution in [1.29, 1.82) is 0 Å². The third-order valence-corrected chi connectivity index (χ3v) is 3.45. The number of carbonyl (C=O) groups is 1. The second kappa shape index (κ2) is 6.58. The number of aliphatic hydroxyl groups excluding tert-OH is 1. The number of fused-ring (bicyclic) bond motifs is 1. The Bertz CT molecular complexity index is 635. The predicted molar refractivity (Wildman–Crippen MR) is 77.4 cm³/mol. The number of rotatable bonds is 5. The summed E-state index contributed by atoms with van der Waals surface area (Å²) in [6.45, 7) is 3.80. The first-order valence-corrected chi connectivity index (χ1v) is 6.88. The van der Waals surface area contributed by atoms with Gasteiger partial charge in [-0.15, -0.1) is 0 Å². The van der Waals surface area contributed by atoms with Crippen LogP contribution in [0.2, 0.25) is 0 Å². The van der Waals surface area contributed by atoms with Gasteiger partial charge < -0.3 is 20.2 Å². The van der Waals surface area contributed by atoms with Crippen molar-refractivity contribution in [1.82, 2.24) is 10.6 Å². The molecule has 0 spiro atoms. The fraction of sp³-hybridized carbons (Fsp3) is 0.400. The summed E-state index contributed by atoms with van der Waals surface area (Å²) in [4.78, 5) is 11.7. The van der Waals surface area contributed by atoms with Crippen LogP contribution in [0.15, 0.2) is 22.6 Å². The van der Waals surface area contributed by atoms with Gasteiger partial charge >= 0.3 is 6.03 Å². The molecule has 2 rings (SSSR count). The van der Waals surface area contributed by atoms with E-state index in [1.54, 1.807) is 6.07 Å². The SMILES string of the molecule is CCC(CO)NC(=O)NCc1oc2ccc(F)cc2c1C. The first-order valence-electron chi connectivity index (χ1n) is 6.88. The van der Waals surface area contributed by atoms with E-state index in [4.69, 9.17) is 9.52 Å². The molecule has 6 heteroatoms. The lowest BCUT2D eigenvalue weighted by molar-refractivity contribution is 0.213. The molecule has 0 aliphatic heterocycles. The first-order chi connectivity index (χ1) is 10.0. The Morgan fingerprint density at radius 2 is 2.24 bits per heavy atom. The van der Waals surface area contributed by atoms with Crippen molar-refractivity contribution in [2.24, 2.45) is 0 Å². The normalized spacial score (nSPS) is 12.4. The van der Waals surface area contributed by atoms with Gasteiger partial charge in [0.1, 0.15) is 17.2 Å². The molecule has 114 valence electrons. The molecule has 1 aromatic heterocycles. The van der Waals surface area contributed by atoms with E-state index in [0.717, 1.165) is 5.56 Å². The van der Waals surface area contributed by atoms with E-state index < -0.39 is 0 Å². The molecule has 0 aliphatic carbocycles. The minimum atomic E-state index is -0.373. The molecule has 0 saturated heterocycles. The quantitative estimate of drug-likeness (QED) is 0.793. The molecule has 1 heterocycles. The molecule has 2 aromatic rings. The maximum atomic E-state index is 13.2. The lowest BCUT2D eigenvalue weighted by Gasteiger charge is -2.14. The van der Waals surface area contributed by atoms with Crippen molar-refractivity contribution >= 4 is 17.0 Å². The number of nitrogens with one attached hydrogen (secondary N) is 2. The number of urea groups is 1. The lowest BCUT2D eigenvalue weighted by Crippen LogP contribution is -2.43. The standard InChI is InChI=1S/C15H19FN2O3/c1-3-11(8-19)18-15(20)17-7-14-9(2)12-6-10(16)4-5-13(12)21-14/h4-6,11,19H,3,7-8H2,1-2H3,(H2,17,18,20). The topological polar surface area (TPSA) is 74.5 Å². The van der Waals surface area contributed by atoms with E-state index in [1.165, 1.54) is 12.1 Å². The van der Waals surface area contributed by atoms with E-state index in [0.29, 0.717) is 23.2 Å². The highest BCUT2D eigenvalue weighted by atomic mass is 19.1. The van der Waals surface area contributed by atoms with Gasteiger partial charge in [0.2, 0.25) is 0 Å². The number of hydrogen-bond donors (Lipinski definition) is 3. The Morgan fingerprint density at radius 3 is 2.90 bits per heavy atom. The van der Waals surface area contributed by atoms with Gasteiger partial charge in [0.15, 0.2) is 0 Å². The average Bonchev–Trinajstić information content (AvgIpc) is 2.79. The second-order valence-electron chi connectivity index (χ2n) is 4.91. The zero-order valence-corrected chi connectivity index (χ0v) is 12.1. The summed E-state index contributed by atoms with van der Waals surface area (Å²) in [7, 11) is 0. The number of amides is 2. The zero-order chi connectivity index (χ0) is 15.4. The molecule has 0 bridgehead atoms. The van der Waals surface area contributed by atoms with Gasteiger partial charge in [-0.1, -0.05) is 6.92 Å². The van der Waals surface area contributed by atoms with Crippen molar-refractivity contribution in [2.75, 3.05) is 6.61 Å². The van der Waals surface area contributed by atoms with E-state index in [1.807, 2.05) is 13.8 Å². The maximum Gasteiger partial charge on any atom is 0.315 e. The van der Waals surface area contributed by atoms with E-state index >= 15 is 0 Å². The highest BCUT2D eigenvalue weighted by molar-refractivity contribution is 5.82. The average molecular weight is 294 g/mol. The van der Waals surface area contributed by atoms with Crippen molar-refractivity contribution in [3.8, 4) is 0 Å². The summed E-state index contributed by atoms with van der Waals surface area (Å²) in [5.41, 5.74) is 1.40. The van der Waals surface area contributed by atoms with Crippen LogP contribution in [0.4, 0.5) is 9.18 Å². The largest absolute Gasteiger partial charge is 0.459 e. The Balaban J connectivity index is 2.03. The highest BCUT2D eigenvalue weighted by Gasteiger charge is 2.13. The molecule has 2 amide bonds. The molecule has 1 aromatic carbocycles. The monoisotopic (exact) mass is 294 g/mol. The van der Waals surface area contributed by atoms with Crippen LogP contribution in [0, 0.1) is 12.7 Å². The number of halogens is 1. The van der Waals surface area contributed by atoms with Gasteiger partial charge in [-0.2, -0.15) is 0 Å². The minimum Gasteiger partial charge on any atom is -0.459 e. The molecule has 0 fully saturated rings. The first kappa shape index (κ1) is 15.3. The molecule has 3 N–H and O–H groups in total. The Morgan fingerprint density at radius 1 is 1.48 bits per heavy atom. The highest BCUT2D eigenvalue weighted by Crippen LogP contribution is 2.25. The summed E-state index contributed by atoms with van der Waals surface area (Å²) in [6.07, 6.45) is 0.646. The van der Waals surface area contributed by atoms with Gasteiger partial charge in [-0.3, -0.25) is 0 Å². The number of carbonyl (C=O) groups excluding carboxylic acids is 1. The summed E-state index contributed by atoms with van der Waals surface area (Å²) in [5, 5.41) is 15.0. The van der Waals surface area contributed by atoms with Gasteiger partial charge in [0.25, 0.3) is 0 Å². The fourth-order valence-corrected chi connectivity index (χ4v) is 2.09. The molecule has 0 aliphatic rings. The van der Waals surface area contributed by atoms with Crippen LogP contribution in [-0.4, -0.2) is 23.8 Å². The number of furan rings is 1. The van der Waals surface area contributed by atoms with E-state index in [2.05, 4.69) is 10.6 Å². The maximum absolute atomic E-state index is 13.2. The Labute approximate surface area is 122 Å². The van der Waals surface area contributed by atoms with Crippen LogP contribution in [0.3, 0.4) is 0 Å². The number of aliphatic hydroxyl groups is 1.